The highest BCUT2D eigenvalue weighted by atomic mass is 19.1. The Hall–Kier alpha value is -3.49. The first-order chi connectivity index (χ1) is 19.7. The number of ether oxygens (including phenoxy) is 1. The zero-order valence-electron chi connectivity index (χ0n) is 25.7. The van der Waals surface area contributed by atoms with E-state index in [0.29, 0.717) is 11.3 Å². The molecule has 2 fully saturated rings. The fourth-order valence-electron chi connectivity index (χ4n) is 5.71. The molecule has 228 valence electrons. The summed E-state index contributed by atoms with van der Waals surface area (Å²) in [5, 5.41) is 3.18. The Morgan fingerprint density at radius 3 is 2.26 bits per heavy atom. The first-order valence-electron chi connectivity index (χ1n) is 15.0. The van der Waals surface area contributed by atoms with Crippen LogP contribution < -0.4 is 10.2 Å². The van der Waals surface area contributed by atoms with Crippen LogP contribution in [0.4, 0.5) is 14.9 Å². The number of rotatable bonds is 6. The van der Waals surface area contributed by atoms with E-state index >= 15 is 0 Å². The molecule has 1 saturated carbocycles. The second-order valence-electron chi connectivity index (χ2n) is 13.5. The van der Waals surface area contributed by atoms with Gasteiger partial charge in [0.25, 0.3) is 5.91 Å². The van der Waals surface area contributed by atoms with Crippen molar-refractivity contribution in [2.24, 2.45) is 0 Å². The summed E-state index contributed by atoms with van der Waals surface area (Å²) in [7, 11) is 0. The van der Waals surface area contributed by atoms with Gasteiger partial charge in [0.1, 0.15) is 23.9 Å². The van der Waals surface area contributed by atoms with E-state index in [-0.39, 0.29) is 30.3 Å². The first kappa shape index (κ1) is 31.4. The minimum absolute atomic E-state index is 0.00519. The molecule has 1 aromatic heterocycles. The molecule has 0 bridgehead atoms. The maximum absolute atomic E-state index is 14.9. The van der Waals surface area contributed by atoms with Crippen molar-refractivity contribution >= 4 is 23.6 Å². The SMILES string of the molecule is CC(C)(C)OC(=O)N1C[C@H](F)C[C@@H]1C(=O)N(c1ccc(C(C)(C)C)cc1)C(C(=O)NC1CCCCC1)c1cccnc1. The third-order valence-electron chi connectivity index (χ3n) is 7.87. The van der Waals surface area contributed by atoms with Crippen LogP contribution >= 0.6 is 0 Å². The van der Waals surface area contributed by atoms with Gasteiger partial charge in [-0.2, -0.15) is 0 Å². The number of hydrogen-bond donors (Lipinski definition) is 1. The summed E-state index contributed by atoms with van der Waals surface area (Å²) in [6.45, 7) is 11.2. The highest BCUT2D eigenvalue weighted by Gasteiger charge is 2.46. The number of benzene rings is 1. The number of halogens is 1. The van der Waals surface area contributed by atoms with E-state index < -0.39 is 35.9 Å². The van der Waals surface area contributed by atoms with E-state index in [0.717, 1.165) is 42.6 Å². The number of pyridine rings is 1. The summed E-state index contributed by atoms with van der Waals surface area (Å²) in [4.78, 5) is 48.7. The Balaban J connectivity index is 1.79. The van der Waals surface area contributed by atoms with E-state index in [1.807, 2.05) is 24.3 Å². The molecule has 1 aliphatic carbocycles. The normalized spacial score (nSPS) is 20.6. The van der Waals surface area contributed by atoms with Crippen molar-refractivity contribution in [2.45, 2.75) is 115 Å². The number of hydrogen-bond acceptors (Lipinski definition) is 5. The van der Waals surface area contributed by atoms with E-state index in [4.69, 9.17) is 4.74 Å². The quantitative estimate of drug-likeness (QED) is 0.436. The topological polar surface area (TPSA) is 91.8 Å². The smallest absolute Gasteiger partial charge is 0.411 e. The lowest BCUT2D eigenvalue weighted by atomic mass is 9.87. The number of carbonyl (C=O) groups is 3. The van der Waals surface area contributed by atoms with Crippen LogP contribution in [0.5, 0.6) is 0 Å². The van der Waals surface area contributed by atoms with Crippen molar-refractivity contribution in [3.8, 4) is 0 Å². The van der Waals surface area contributed by atoms with Crippen LogP contribution in [0.1, 0.15) is 97.2 Å². The van der Waals surface area contributed by atoms with Gasteiger partial charge >= 0.3 is 6.09 Å². The van der Waals surface area contributed by atoms with Gasteiger partial charge in [-0.15, -0.1) is 0 Å². The molecule has 0 radical (unpaired) electrons. The number of likely N-dealkylation sites (tertiary alicyclic amines) is 1. The maximum atomic E-state index is 14.9. The molecule has 9 heteroatoms. The Bertz CT molecular complexity index is 1230. The lowest BCUT2D eigenvalue weighted by Crippen LogP contribution is -2.53. The summed E-state index contributed by atoms with van der Waals surface area (Å²) in [6.07, 6.45) is 5.80. The van der Waals surface area contributed by atoms with Gasteiger partial charge < -0.3 is 10.1 Å². The lowest BCUT2D eigenvalue weighted by molar-refractivity contribution is -0.129. The van der Waals surface area contributed by atoms with Gasteiger partial charge in [0, 0.05) is 36.1 Å². The van der Waals surface area contributed by atoms with Crippen molar-refractivity contribution in [1.29, 1.82) is 0 Å². The summed E-state index contributed by atoms with van der Waals surface area (Å²) >= 11 is 0. The van der Waals surface area contributed by atoms with Crippen LogP contribution in [-0.2, 0) is 19.7 Å². The third kappa shape index (κ3) is 7.66. The molecule has 3 atom stereocenters. The number of nitrogens with one attached hydrogen (secondary N) is 1. The van der Waals surface area contributed by atoms with Crippen molar-refractivity contribution < 1.29 is 23.5 Å². The highest BCUT2D eigenvalue weighted by molar-refractivity contribution is 6.05. The van der Waals surface area contributed by atoms with Gasteiger partial charge in [-0.1, -0.05) is 58.2 Å². The number of amides is 3. The zero-order valence-corrected chi connectivity index (χ0v) is 25.7. The van der Waals surface area contributed by atoms with E-state index in [2.05, 4.69) is 31.1 Å². The summed E-state index contributed by atoms with van der Waals surface area (Å²) in [6, 6.07) is 8.78. The molecule has 42 heavy (non-hydrogen) atoms. The van der Waals surface area contributed by atoms with E-state index in [1.165, 1.54) is 4.90 Å². The summed E-state index contributed by atoms with van der Waals surface area (Å²) in [5.41, 5.74) is 1.11. The molecule has 1 N–H and O–H groups in total. The van der Waals surface area contributed by atoms with Crippen LogP contribution in [0.25, 0.3) is 0 Å². The van der Waals surface area contributed by atoms with Crippen LogP contribution in [-0.4, -0.2) is 58.2 Å². The molecule has 2 aliphatic rings. The maximum Gasteiger partial charge on any atom is 0.411 e. The molecule has 4 rings (SSSR count). The molecule has 1 unspecified atom stereocenters. The standard InChI is InChI=1S/C33H45FN4O4/c1-32(2,3)23-14-16-26(17-15-23)38(30(40)27-19-24(34)21-37(27)31(41)42-33(4,5)6)28(22-11-10-18-35-20-22)29(39)36-25-12-8-7-9-13-25/h10-11,14-18,20,24-25,27-28H,7-9,12-13,19,21H2,1-6H3,(H,36,39)/t24-,27-,28?/m1/s1. The largest absolute Gasteiger partial charge is 0.444 e. The average molecular weight is 581 g/mol. The second-order valence-corrected chi connectivity index (χ2v) is 13.5. The van der Waals surface area contributed by atoms with E-state index in [1.54, 1.807) is 45.3 Å². The monoisotopic (exact) mass is 580 g/mol. The lowest BCUT2D eigenvalue weighted by Gasteiger charge is -2.36. The molecule has 2 heterocycles. The predicted molar refractivity (Wildman–Crippen MR) is 161 cm³/mol. The molecule has 2 aromatic rings. The summed E-state index contributed by atoms with van der Waals surface area (Å²) in [5.74, 6) is -0.876. The first-order valence-corrected chi connectivity index (χ1v) is 15.0. The van der Waals surface area contributed by atoms with Crippen molar-refractivity contribution in [2.75, 3.05) is 11.4 Å². The molecule has 1 aliphatic heterocycles. The Kier molecular flexibility index (Phi) is 9.58. The number of carbonyl (C=O) groups excluding carboxylic acids is 3. The van der Waals surface area contributed by atoms with Crippen LogP contribution in [0.2, 0.25) is 0 Å². The van der Waals surface area contributed by atoms with Gasteiger partial charge in [0.15, 0.2) is 0 Å². The fourth-order valence-corrected chi connectivity index (χ4v) is 5.71. The zero-order chi connectivity index (χ0) is 30.7. The van der Waals surface area contributed by atoms with Crippen molar-refractivity contribution in [3.63, 3.8) is 0 Å². The predicted octanol–water partition coefficient (Wildman–Crippen LogP) is 6.25. The Morgan fingerprint density at radius 2 is 1.69 bits per heavy atom. The van der Waals surface area contributed by atoms with Crippen LogP contribution in [0.3, 0.4) is 0 Å². The summed E-state index contributed by atoms with van der Waals surface area (Å²) < 4.78 is 20.5. The number of aromatic nitrogens is 1. The molecular weight excluding hydrogens is 535 g/mol. The minimum Gasteiger partial charge on any atom is -0.444 e. The van der Waals surface area contributed by atoms with Crippen molar-refractivity contribution in [3.05, 3.63) is 59.9 Å². The fraction of sp³-hybridized carbons (Fsp3) is 0.576. The third-order valence-corrected chi connectivity index (χ3v) is 7.87. The Morgan fingerprint density at radius 1 is 1.02 bits per heavy atom. The van der Waals surface area contributed by atoms with Gasteiger partial charge in [-0.05, 0) is 62.8 Å². The number of anilines is 1. The Labute approximate surface area is 249 Å². The van der Waals surface area contributed by atoms with Gasteiger partial charge in [-0.3, -0.25) is 24.4 Å². The number of nitrogens with zero attached hydrogens (tertiary/aromatic N) is 3. The van der Waals surface area contributed by atoms with Crippen LogP contribution in [0, 0.1) is 0 Å². The van der Waals surface area contributed by atoms with Crippen LogP contribution in [0.15, 0.2) is 48.8 Å². The molecular formula is C33H45FN4O4. The molecule has 1 aromatic carbocycles. The van der Waals surface area contributed by atoms with Crippen molar-refractivity contribution in [1.82, 2.24) is 15.2 Å². The van der Waals surface area contributed by atoms with Gasteiger partial charge in [0.05, 0.1) is 6.54 Å². The number of alkyl halides is 1. The van der Waals surface area contributed by atoms with E-state index in [9.17, 15) is 18.8 Å². The van der Waals surface area contributed by atoms with Gasteiger partial charge in [-0.25, -0.2) is 9.18 Å². The highest BCUT2D eigenvalue weighted by Crippen LogP contribution is 2.34. The average Bonchev–Trinajstić information content (AvgIpc) is 3.33. The second kappa shape index (κ2) is 12.8. The molecule has 3 amide bonds. The molecule has 8 nitrogen and oxygen atoms in total. The van der Waals surface area contributed by atoms with Gasteiger partial charge in [0.2, 0.25) is 5.91 Å². The minimum atomic E-state index is -1.40. The molecule has 1 saturated heterocycles. The molecule has 0 spiro atoms.